The topological polar surface area (TPSA) is 24.9 Å². The van der Waals surface area contributed by atoms with Gasteiger partial charge in [-0.2, -0.15) is 0 Å². The summed E-state index contributed by atoms with van der Waals surface area (Å²) < 4.78 is 0. The van der Waals surface area contributed by atoms with E-state index in [1.165, 1.54) is 5.56 Å². The molecule has 1 unspecified atom stereocenters. The molecule has 1 rings (SSSR count). The minimum absolute atomic E-state index is 0.559. The first-order valence-corrected chi connectivity index (χ1v) is 5.36. The number of pyridine rings is 1. The van der Waals surface area contributed by atoms with Crippen LogP contribution in [-0.2, 0) is 6.42 Å². The summed E-state index contributed by atoms with van der Waals surface area (Å²) in [7, 11) is 0. The SMILES string of the molecule is CCNC(Cc1cccnc1)C(C)C. The normalized spacial score (nSPS) is 13.1. The van der Waals surface area contributed by atoms with Crippen molar-refractivity contribution in [2.75, 3.05) is 6.54 Å². The first kappa shape index (κ1) is 11.2. The Labute approximate surface area is 86.8 Å². The summed E-state index contributed by atoms with van der Waals surface area (Å²) >= 11 is 0. The van der Waals surface area contributed by atoms with E-state index in [0.29, 0.717) is 12.0 Å². The summed E-state index contributed by atoms with van der Waals surface area (Å²) in [6.45, 7) is 7.69. The molecule has 0 aromatic carbocycles. The Kier molecular flexibility index (Phi) is 4.60. The lowest BCUT2D eigenvalue weighted by Gasteiger charge is -2.21. The molecule has 1 N–H and O–H groups in total. The maximum atomic E-state index is 4.13. The average Bonchev–Trinajstić information content (AvgIpc) is 2.18. The predicted molar refractivity (Wildman–Crippen MR) is 60.2 cm³/mol. The summed E-state index contributed by atoms with van der Waals surface area (Å²) in [4.78, 5) is 4.13. The maximum absolute atomic E-state index is 4.13. The second-order valence-corrected chi connectivity index (χ2v) is 3.97. The molecule has 1 aromatic heterocycles. The van der Waals surface area contributed by atoms with E-state index in [1.807, 2.05) is 18.5 Å². The van der Waals surface area contributed by atoms with Gasteiger partial charge in [0.05, 0.1) is 0 Å². The van der Waals surface area contributed by atoms with Crippen LogP contribution in [0.3, 0.4) is 0 Å². The van der Waals surface area contributed by atoms with Gasteiger partial charge in [0.1, 0.15) is 0 Å². The van der Waals surface area contributed by atoms with Crippen LogP contribution in [-0.4, -0.2) is 17.6 Å². The first-order valence-electron chi connectivity index (χ1n) is 5.36. The van der Waals surface area contributed by atoms with Crippen LogP contribution in [0.2, 0.25) is 0 Å². The molecule has 0 fully saturated rings. The van der Waals surface area contributed by atoms with Gasteiger partial charge in [0, 0.05) is 18.4 Å². The summed E-state index contributed by atoms with van der Waals surface area (Å²) in [5, 5.41) is 3.50. The molecule has 2 heteroatoms. The maximum Gasteiger partial charge on any atom is 0.0300 e. The van der Waals surface area contributed by atoms with Crippen LogP contribution in [0.25, 0.3) is 0 Å². The van der Waals surface area contributed by atoms with Gasteiger partial charge in [0.15, 0.2) is 0 Å². The second-order valence-electron chi connectivity index (χ2n) is 3.97. The fourth-order valence-corrected chi connectivity index (χ4v) is 1.58. The van der Waals surface area contributed by atoms with Gasteiger partial charge < -0.3 is 5.32 Å². The Bertz CT molecular complexity index is 244. The predicted octanol–water partition coefficient (Wildman–Crippen LogP) is 2.26. The zero-order chi connectivity index (χ0) is 10.4. The molecule has 0 saturated carbocycles. The van der Waals surface area contributed by atoms with Crippen LogP contribution in [0.4, 0.5) is 0 Å². The van der Waals surface area contributed by atoms with Crippen molar-refractivity contribution in [2.45, 2.75) is 33.2 Å². The van der Waals surface area contributed by atoms with E-state index in [1.54, 1.807) is 0 Å². The van der Waals surface area contributed by atoms with E-state index in [0.717, 1.165) is 13.0 Å². The van der Waals surface area contributed by atoms with E-state index < -0.39 is 0 Å². The smallest absolute Gasteiger partial charge is 0.0300 e. The summed E-state index contributed by atoms with van der Waals surface area (Å²) in [6, 6.07) is 4.70. The fraction of sp³-hybridized carbons (Fsp3) is 0.583. The lowest BCUT2D eigenvalue weighted by atomic mass is 9.97. The van der Waals surface area contributed by atoms with E-state index in [-0.39, 0.29) is 0 Å². The number of rotatable bonds is 5. The third-order valence-electron chi connectivity index (χ3n) is 2.45. The number of hydrogen-bond acceptors (Lipinski definition) is 2. The van der Waals surface area contributed by atoms with E-state index in [4.69, 9.17) is 0 Å². The fourth-order valence-electron chi connectivity index (χ4n) is 1.58. The van der Waals surface area contributed by atoms with Crippen LogP contribution in [0, 0.1) is 5.92 Å². The van der Waals surface area contributed by atoms with Crippen molar-refractivity contribution >= 4 is 0 Å². The number of nitrogens with zero attached hydrogens (tertiary/aromatic N) is 1. The molecule has 78 valence electrons. The molecule has 0 aliphatic carbocycles. The number of hydrogen-bond donors (Lipinski definition) is 1. The standard InChI is InChI=1S/C12H20N2/c1-4-14-12(10(2)3)8-11-6-5-7-13-9-11/h5-7,9-10,12,14H,4,8H2,1-3H3. The van der Waals surface area contributed by atoms with Crippen LogP contribution < -0.4 is 5.32 Å². The highest BCUT2D eigenvalue weighted by atomic mass is 14.9. The van der Waals surface area contributed by atoms with Gasteiger partial charge >= 0.3 is 0 Å². The summed E-state index contributed by atoms with van der Waals surface area (Å²) in [5.41, 5.74) is 1.31. The van der Waals surface area contributed by atoms with Gasteiger partial charge in [-0.3, -0.25) is 4.98 Å². The van der Waals surface area contributed by atoms with Crippen molar-refractivity contribution in [3.05, 3.63) is 30.1 Å². The van der Waals surface area contributed by atoms with Gasteiger partial charge in [0.2, 0.25) is 0 Å². The van der Waals surface area contributed by atoms with Crippen molar-refractivity contribution in [2.24, 2.45) is 5.92 Å². The zero-order valence-corrected chi connectivity index (χ0v) is 9.33. The molecular weight excluding hydrogens is 172 g/mol. The number of nitrogens with one attached hydrogen (secondary N) is 1. The van der Waals surface area contributed by atoms with Crippen molar-refractivity contribution < 1.29 is 0 Å². The van der Waals surface area contributed by atoms with Gasteiger partial charge in [-0.25, -0.2) is 0 Å². The highest BCUT2D eigenvalue weighted by molar-refractivity contribution is 5.10. The molecule has 0 aliphatic heterocycles. The molecule has 1 atom stereocenters. The monoisotopic (exact) mass is 192 g/mol. The molecule has 14 heavy (non-hydrogen) atoms. The van der Waals surface area contributed by atoms with Gasteiger partial charge in [-0.1, -0.05) is 26.8 Å². The van der Waals surface area contributed by atoms with Gasteiger partial charge in [-0.05, 0) is 30.5 Å². The Balaban J connectivity index is 2.55. The van der Waals surface area contributed by atoms with E-state index in [2.05, 4.69) is 37.1 Å². The van der Waals surface area contributed by atoms with Gasteiger partial charge in [0.25, 0.3) is 0 Å². The Morgan fingerprint density at radius 3 is 2.71 bits per heavy atom. The van der Waals surface area contributed by atoms with Crippen LogP contribution in [0.1, 0.15) is 26.3 Å². The molecule has 0 spiro atoms. The quantitative estimate of drug-likeness (QED) is 0.774. The third-order valence-corrected chi connectivity index (χ3v) is 2.45. The molecule has 0 radical (unpaired) electrons. The Hall–Kier alpha value is -0.890. The summed E-state index contributed by atoms with van der Waals surface area (Å²) in [5.74, 6) is 0.662. The largest absolute Gasteiger partial charge is 0.314 e. The average molecular weight is 192 g/mol. The highest BCUT2D eigenvalue weighted by Crippen LogP contribution is 2.08. The van der Waals surface area contributed by atoms with E-state index >= 15 is 0 Å². The second kappa shape index (κ2) is 5.76. The van der Waals surface area contributed by atoms with Crippen molar-refractivity contribution in [1.29, 1.82) is 0 Å². The van der Waals surface area contributed by atoms with Crippen molar-refractivity contribution in [3.8, 4) is 0 Å². The minimum Gasteiger partial charge on any atom is -0.314 e. The van der Waals surface area contributed by atoms with Crippen LogP contribution in [0.15, 0.2) is 24.5 Å². The zero-order valence-electron chi connectivity index (χ0n) is 9.33. The Morgan fingerprint density at radius 2 is 2.21 bits per heavy atom. The molecule has 0 aliphatic rings. The first-order chi connectivity index (χ1) is 6.74. The molecule has 0 saturated heterocycles. The lowest BCUT2D eigenvalue weighted by molar-refractivity contribution is 0.405. The molecule has 2 nitrogen and oxygen atoms in total. The van der Waals surface area contributed by atoms with Crippen LogP contribution >= 0.6 is 0 Å². The summed E-state index contributed by atoms with van der Waals surface area (Å²) in [6.07, 6.45) is 4.84. The lowest BCUT2D eigenvalue weighted by Crippen LogP contribution is -2.35. The molecule has 0 amide bonds. The molecule has 0 bridgehead atoms. The molecular formula is C12H20N2. The number of aromatic nitrogens is 1. The van der Waals surface area contributed by atoms with Gasteiger partial charge in [-0.15, -0.1) is 0 Å². The third kappa shape index (κ3) is 3.46. The van der Waals surface area contributed by atoms with Crippen molar-refractivity contribution in [1.82, 2.24) is 10.3 Å². The van der Waals surface area contributed by atoms with E-state index in [9.17, 15) is 0 Å². The number of likely N-dealkylation sites (N-methyl/N-ethyl adjacent to an activating group) is 1. The highest BCUT2D eigenvalue weighted by Gasteiger charge is 2.11. The van der Waals surface area contributed by atoms with Crippen molar-refractivity contribution in [3.63, 3.8) is 0 Å². The van der Waals surface area contributed by atoms with Crippen LogP contribution in [0.5, 0.6) is 0 Å². The molecule has 1 heterocycles. The minimum atomic E-state index is 0.559. The Morgan fingerprint density at radius 1 is 1.43 bits per heavy atom. The molecule has 1 aromatic rings.